The number of pyridine rings is 1. The van der Waals surface area contributed by atoms with Crippen LogP contribution in [-0.4, -0.2) is 4.98 Å². The summed E-state index contributed by atoms with van der Waals surface area (Å²) in [6.45, 7) is 8.01. The van der Waals surface area contributed by atoms with Gasteiger partial charge >= 0.3 is 0 Å². The molecule has 0 unspecified atom stereocenters. The number of aryl methyl sites for hydroxylation is 2. The Kier molecular flexibility index (Phi) is 3.07. The predicted octanol–water partition coefficient (Wildman–Crippen LogP) is 3.47. The lowest BCUT2D eigenvalue weighted by atomic mass is 10.2. The molecule has 70 valence electrons. The first kappa shape index (κ1) is 9.78. The lowest BCUT2D eigenvalue weighted by Gasteiger charge is -1.84. The summed E-state index contributed by atoms with van der Waals surface area (Å²) in [5.74, 6) is 0.980. The van der Waals surface area contributed by atoms with Gasteiger partial charge in [0, 0.05) is 17.8 Å². The van der Waals surface area contributed by atoms with Crippen molar-refractivity contribution in [3.63, 3.8) is 0 Å². The van der Waals surface area contributed by atoms with Gasteiger partial charge in [-0.25, -0.2) is 0 Å². The minimum atomic E-state index is 0.926. The van der Waals surface area contributed by atoms with Gasteiger partial charge in [-0.2, -0.15) is 0 Å². The molecule has 0 saturated heterocycles. The maximum atomic E-state index is 5.46. The molecule has 0 aliphatic heterocycles. The quantitative estimate of drug-likeness (QED) is 0.615. The van der Waals surface area contributed by atoms with Crippen molar-refractivity contribution in [2.24, 2.45) is 0 Å². The fraction of sp³-hybridized carbons (Fsp3) is 0.364. The summed E-state index contributed by atoms with van der Waals surface area (Å²) >= 11 is 0. The Morgan fingerprint density at radius 1 is 1.23 bits per heavy atom. The molecule has 13 heavy (non-hydrogen) atoms. The van der Waals surface area contributed by atoms with Crippen LogP contribution in [0.5, 0.6) is 0 Å². The van der Waals surface area contributed by atoms with Crippen LogP contribution in [0, 0.1) is 13.8 Å². The summed E-state index contributed by atoms with van der Waals surface area (Å²) in [5.41, 5.74) is 2.11. The van der Waals surface area contributed by atoms with E-state index in [4.69, 9.17) is 4.42 Å². The van der Waals surface area contributed by atoms with Gasteiger partial charge in [-0.3, -0.25) is 4.98 Å². The van der Waals surface area contributed by atoms with Gasteiger partial charge in [-0.1, -0.05) is 13.8 Å². The first-order valence-electron chi connectivity index (χ1n) is 4.59. The molecule has 0 bridgehead atoms. The normalized spacial score (nSPS) is 9.54. The minimum Gasteiger partial charge on any atom is -0.461 e. The summed E-state index contributed by atoms with van der Waals surface area (Å²) in [6.07, 6.45) is 3.58. The van der Waals surface area contributed by atoms with E-state index >= 15 is 0 Å². The Morgan fingerprint density at radius 3 is 2.54 bits per heavy atom. The first-order chi connectivity index (χ1) is 6.29. The monoisotopic (exact) mass is 177 g/mol. The Labute approximate surface area is 78.6 Å². The van der Waals surface area contributed by atoms with Crippen molar-refractivity contribution < 1.29 is 4.42 Å². The Morgan fingerprint density at radius 2 is 1.92 bits per heavy atom. The van der Waals surface area contributed by atoms with Gasteiger partial charge in [0.1, 0.15) is 11.3 Å². The SMILES string of the molecule is CC.Cc1oc2ccncc2c1C. The zero-order valence-electron chi connectivity index (χ0n) is 8.59. The molecule has 0 spiro atoms. The second kappa shape index (κ2) is 4.08. The lowest BCUT2D eigenvalue weighted by Crippen LogP contribution is -1.71. The second-order valence-electron chi connectivity index (χ2n) is 2.66. The summed E-state index contributed by atoms with van der Waals surface area (Å²) < 4.78 is 5.46. The fourth-order valence-corrected chi connectivity index (χ4v) is 1.18. The molecular weight excluding hydrogens is 162 g/mol. The molecule has 0 radical (unpaired) electrons. The number of nitrogens with zero attached hydrogens (tertiary/aromatic N) is 1. The van der Waals surface area contributed by atoms with Crippen LogP contribution < -0.4 is 0 Å². The Hall–Kier alpha value is -1.31. The van der Waals surface area contributed by atoms with E-state index in [0.717, 1.165) is 16.7 Å². The van der Waals surface area contributed by atoms with Crippen molar-refractivity contribution in [2.75, 3.05) is 0 Å². The van der Waals surface area contributed by atoms with Gasteiger partial charge in [0.25, 0.3) is 0 Å². The maximum absolute atomic E-state index is 5.46. The van der Waals surface area contributed by atoms with Crippen LogP contribution in [-0.2, 0) is 0 Å². The first-order valence-corrected chi connectivity index (χ1v) is 4.59. The van der Waals surface area contributed by atoms with Crippen molar-refractivity contribution in [1.29, 1.82) is 0 Å². The Bertz CT molecular complexity index is 390. The predicted molar refractivity (Wildman–Crippen MR) is 54.8 cm³/mol. The molecule has 0 atom stereocenters. The fourth-order valence-electron chi connectivity index (χ4n) is 1.18. The molecule has 2 rings (SSSR count). The number of fused-ring (bicyclic) bond motifs is 1. The molecule has 2 heterocycles. The van der Waals surface area contributed by atoms with Crippen LogP contribution in [0.3, 0.4) is 0 Å². The van der Waals surface area contributed by atoms with Crippen molar-refractivity contribution in [3.05, 3.63) is 29.8 Å². The summed E-state index contributed by atoms with van der Waals surface area (Å²) in [5, 5.41) is 1.12. The average molecular weight is 177 g/mol. The molecule has 2 aromatic rings. The van der Waals surface area contributed by atoms with Crippen LogP contribution >= 0.6 is 0 Å². The van der Waals surface area contributed by atoms with Gasteiger partial charge in [0.05, 0.1) is 0 Å². The van der Waals surface area contributed by atoms with Crippen molar-refractivity contribution >= 4 is 11.0 Å². The van der Waals surface area contributed by atoms with Gasteiger partial charge in [-0.05, 0) is 25.5 Å². The van der Waals surface area contributed by atoms with E-state index in [-0.39, 0.29) is 0 Å². The van der Waals surface area contributed by atoms with E-state index in [1.165, 1.54) is 5.56 Å². The van der Waals surface area contributed by atoms with E-state index in [0.29, 0.717) is 0 Å². The van der Waals surface area contributed by atoms with E-state index < -0.39 is 0 Å². The molecule has 0 fully saturated rings. The van der Waals surface area contributed by atoms with Crippen LogP contribution in [0.1, 0.15) is 25.2 Å². The largest absolute Gasteiger partial charge is 0.461 e. The molecule has 0 N–H and O–H groups in total. The second-order valence-corrected chi connectivity index (χ2v) is 2.66. The zero-order chi connectivity index (χ0) is 9.84. The molecule has 0 aromatic carbocycles. The molecule has 0 saturated carbocycles. The Balaban J connectivity index is 0.000000396. The highest BCUT2D eigenvalue weighted by Gasteiger charge is 2.04. The van der Waals surface area contributed by atoms with Crippen LogP contribution in [0.15, 0.2) is 22.9 Å². The maximum Gasteiger partial charge on any atom is 0.137 e. The van der Waals surface area contributed by atoms with E-state index in [9.17, 15) is 0 Å². The highest BCUT2D eigenvalue weighted by atomic mass is 16.3. The molecule has 0 amide bonds. The number of furan rings is 1. The van der Waals surface area contributed by atoms with Gasteiger partial charge in [0.15, 0.2) is 0 Å². The third-order valence-electron chi connectivity index (χ3n) is 1.98. The highest BCUT2D eigenvalue weighted by Crippen LogP contribution is 2.22. The number of aromatic nitrogens is 1. The van der Waals surface area contributed by atoms with Crippen LogP contribution in [0.25, 0.3) is 11.0 Å². The van der Waals surface area contributed by atoms with Gasteiger partial charge in [0.2, 0.25) is 0 Å². The molecule has 0 aliphatic rings. The summed E-state index contributed by atoms with van der Waals surface area (Å²) in [6, 6.07) is 1.88. The molecule has 2 nitrogen and oxygen atoms in total. The third kappa shape index (κ3) is 1.72. The van der Waals surface area contributed by atoms with Gasteiger partial charge in [-0.15, -0.1) is 0 Å². The highest BCUT2D eigenvalue weighted by molar-refractivity contribution is 5.80. The molecule has 2 heteroatoms. The molecule has 2 aromatic heterocycles. The van der Waals surface area contributed by atoms with Gasteiger partial charge < -0.3 is 4.42 Å². The van der Waals surface area contributed by atoms with E-state index in [2.05, 4.69) is 4.98 Å². The standard InChI is InChI=1S/C9H9NO.C2H6/c1-6-7(2)11-9-3-4-10-5-8(6)9;1-2/h3-5H,1-2H3;1-2H3. The summed E-state index contributed by atoms with van der Waals surface area (Å²) in [7, 11) is 0. The minimum absolute atomic E-state index is 0.926. The number of hydrogen-bond acceptors (Lipinski definition) is 2. The van der Waals surface area contributed by atoms with E-state index in [1.54, 1.807) is 6.20 Å². The van der Waals surface area contributed by atoms with Crippen molar-refractivity contribution in [1.82, 2.24) is 4.98 Å². The number of hydrogen-bond donors (Lipinski definition) is 0. The topological polar surface area (TPSA) is 26.0 Å². The smallest absolute Gasteiger partial charge is 0.137 e. The average Bonchev–Trinajstić information content (AvgIpc) is 2.47. The van der Waals surface area contributed by atoms with Crippen molar-refractivity contribution in [3.8, 4) is 0 Å². The molecule has 0 aliphatic carbocycles. The zero-order valence-corrected chi connectivity index (χ0v) is 8.59. The number of rotatable bonds is 0. The van der Waals surface area contributed by atoms with Crippen LogP contribution in [0.2, 0.25) is 0 Å². The molecular formula is C11H15NO. The van der Waals surface area contributed by atoms with Crippen LogP contribution in [0.4, 0.5) is 0 Å². The van der Waals surface area contributed by atoms with E-state index in [1.807, 2.05) is 40.0 Å². The summed E-state index contributed by atoms with van der Waals surface area (Å²) in [4.78, 5) is 4.03. The lowest BCUT2D eigenvalue weighted by molar-refractivity contribution is 0.575. The van der Waals surface area contributed by atoms with Crippen molar-refractivity contribution in [2.45, 2.75) is 27.7 Å². The third-order valence-corrected chi connectivity index (χ3v) is 1.98.